The number of piperidine rings is 1. The average Bonchev–Trinajstić information content (AvgIpc) is 2.40. The fourth-order valence-electron chi connectivity index (χ4n) is 2.72. The molecule has 1 fully saturated rings. The first-order valence-electron chi connectivity index (χ1n) is 6.81. The molecule has 0 amide bonds. The molecule has 0 atom stereocenters. The maximum Gasteiger partial charge on any atom is 0.327 e. The van der Waals surface area contributed by atoms with Crippen LogP contribution in [0.15, 0.2) is 18.2 Å². The lowest BCUT2D eigenvalue weighted by molar-refractivity contribution is -0.386. The fourth-order valence-corrected chi connectivity index (χ4v) is 2.72. The highest BCUT2D eigenvalue weighted by molar-refractivity contribution is 5.63. The predicted octanol–water partition coefficient (Wildman–Crippen LogP) is 2.51. The third-order valence-corrected chi connectivity index (χ3v) is 3.93. The molecule has 1 saturated heterocycles. The largest absolute Gasteiger partial charge is 0.369 e. The summed E-state index contributed by atoms with van der Waals surface area (Å²) in [5.41, 5.74) is -0.0724. The van der Waals surface area contributed by atoms with Crippen molar-refractivity contribution >= 4 is 11.4 Å². The second-order valence-corrected chi connectivity index (χ2v) is 5.49. The maximum atomic E-state index is 13.6. The first kappa shape index (κ1) is 14.7. The third-order valence-electron chi connectivity index (χ3n) is 3.93. The second kappa shape index (κ2) is 6.17. The molecule has 1 aromatic carbocycles. The number of halogens is 1. The first-order chi connectivity index (χ1) is 9.49. The van der Waals surface area contributed by atoms with Crippen LogP contribution in [0.3, 0.4) is 0 Å². The fraction of sp³-hybridized carbons (Fsp3) is 0.571. The lowest BCUT2D eigenvalue weighted by atomic mass is 9.96. The van der Waals surface area contributed by atoms with E-state index in [1.807, 2.05) is 0 Å². The molecule has 110 valence electrons. The molecule has 0 spiro atoms. The Balaban J connectivity index is 2.11. The van der Waals surface area contributed by atoms with Gasteiger partial charge in [-0.05, 0) is 51.0 Å². The standard InChI is InChI=1S/C14H20FN3O2/c1-16-8-6-11(7-9-16)10-17(2)13-5-3-4-12(15)14(13)18(19)20/h3-5,11H,6-10H2,1-2H3. The summed E-state index contributed by atoms with van der Waals surface area (Å²) in [5.74, 6) is -0.276. The van der Waals surface area contributed by atoms with Crippen LogP contribution in [0.5, 0.6) is 0 Å². The number of anilines is 1. The summed E-state index contributed by atoms with van der Waals surface area (Å²) in [4.78, 5) is 14.5. The van der Waals surface area contributed by atoms with Crippen LogP contribution in [0.25, 0.3) is 0 Å². The van der Waals surface area contributed by atoms with Gasteiger partial charge in [-0.15, -0.1) is 0 Å². The van der Waals surface area contributed by atoms with Crippen molar-refractivity contribution in [3.05, 3.63) is 34.1 Å². The predicted molar refractivity (Wildman–Crippen MR) is 76.5 cm³/mol. The molecule has 0 aliphatic carbocycles. The average molecular weight is 281 g/mol. The summed E-state index contributed by atoms with van der Waals surface area (Å²) >= 11 is 0. The minimum Gasteiger partial charge on any atom is -0.369 e. The van der Waals surface area contributed by atoms with Gasteiger partial charge in [0.2, 0.25) is 5.82 Å². The smallest absolute Gasteiger partial charge is 0.327 e. The second-order valence-electron chi connectivity index (χ2n) is 5.49. The molecule has 0 radical (unpaired) electrons. The van der Waals surface area contributed by atoms with E-state index in [9.17, 15) is 14.5 Å². The van der Waals surface area contributed by atoms with E-state index in [2.05, 4.69) is 11.9 Å². The van der Waals surface area contributed by atoms with E-state index in [4.69, 9.17) is 0 Å². The molecule has 2 rings (SSSR count). The van der Waals surface area contributed by atoms with Gasteiger partial charge in [0.25, 0.3) is 0 Å². The van der Waals surface area contributed by atoms with Gasteiger partial charge in [0.1, 0.15) is 5.69 Å². The van der Waals surface area contributed by atoms with Crippen LogP contribution in [-0.4, -0.2) is 43.6 Å². The van der Waals surface area contributed by atoms with Crippen molar-refractivity contribution in [2.75, 3.05) is 38.6 Å². The SMILES string of the molecule is CN1CCC(CN(C)c2cccc(F)c2[N+](=O)[O-])CC1. The number of para-hydroxylation sites is 1. The zero-order valence-electron chi connectivity index (χ0n) is 11.9. The van der Waals surface area contributed by atoms with Gasteiger partial charge >= 0.3 is 5.69 Å². The van der Waals surface area contributed by atoms with Gasteiger partial charge in [0, 0.05) is 13.6 Å². The Bertz CT molecular complexity index is 487. The van der Waals surface area contributed by atoms with E-state index >= 15 is 0 Å². The quantitative estimate of drug-likeness (QED) is 0.628. The Kier molecular flexibility index (Phi) is 4.54. The Morgan fingerprint density at radius 1 is 1.45 bits per heavy atom. The van der Waals surface area contributed by atoms with E-state index in [1.54, 1.807) is 18.0 Å². The molecular weight excluding hydrogens is 261 g/mol. The lowest BCUT2D eigenvalue weighted by Crippen LogP contribution is -2.35. The van der Waals surface area contributed by atoms with Crippen molar-refractivity contribution in [3.63, 3.8) is 0 Å². The first-order valence-corrected chi connectivity index (χ1v) is 6.81. The molecule has 1 aromatic rings. The van der Waals surface area contributed by atoms with E-state index in [0.717, 1.165) is 38.5 Å². The van der Waals surface area contributed by atoms with Crippen molar-refractivity contribution < 1.29 is 9.31 Å². The van der Waals surface area contributed by atoms with Crippen molar-refractivity contribution in [2.24, 2.45) is 5.92 Å². The summed E-state index contributed by atoms with van der Waals surface area (Å²) < 4.78 is 13.6. The highest BCUT2D eigenvalue weighted by Crippen LogP contribution is 2.31. The number of benzene rings is 1. The summed E-state index contributed by atoms with van der Waals surface area (Å²) in [5, 5.41) is 11.0. The molecule has 6 heteroatoms. The van der Waals surface area contributed by atoms with Crippen molar-refractivity contribution in [2.45, 2.75) is 12.8 Å². The Hall–Kier alpha value is -1.69. The molecule has 0 unspecified atom stereocenters. The van der Waals surface area contributed by atoms with Gasteiger partial charge in [0.15, 0.2) is 0 Å². The van der Waals surface area contributed by atoms with Gasteiger partial charge in [-0.1, -0.05) is 6.07 Å². The minimum atomic E-state index is -0.775. The third kappa shape index (κ3) is 3.25. The number of likely N-dealkylation sites (tertiary alicyclic amines) is 1. The van der Waals surface area contributed by atoms with Gasteiger partial charge in [-0.3, -0.25) is 10.1 Å². The van der Waals surface area contributed by atoms with Crippen molar-refractivity contribution in [1.29, 1.82) is 0 Å². The van der Waals surface area contributed by atoms with Crippen LogP contribution in [0.1, 0.15) is 12.8 Å². The van der Waals surface area contributed by atoms with Crippen LogP contribution >= 0.6 is 0 Å². The number of hydrogen-bond acceptors (Lipinski definition) is 4. The van der Waals surface area contributed by atoms with Crippen LogP contribution in [-0.2, 0) is 0 Å². The molecule has 1 aliphatic heterocycles. The number of nitro groups is 1. The molecule has 0 aromatic heterocycles. The molecule has 1 heterocycles. The van der Waals surface area contributed by atoms with Gasteiger partial charge in [0.05, 0.1) is 4.92 Å². The van der Waals surface area contributed by atoms with Crippen LogP contribution in [0.2, 0.25) is 0 Å². The Morgan fingerprint density at radius 3 is 2.70 bits per heavy atom. The van der Waals surface area contributed by atoms with E-state index in [-0.39, 0.29) is 0 Å². The van der Waals surface area contributed by atoms with Gasteiger partial charge in [-0.25, -0.2) is 0 Å². The number of rotatable bonds is 4. The number of nitro benzene ring substituents is 1. The Morgan fingerprint density at radius 2 is 2.10 bits per heavy atom. The van der Waals surface area contributed by atoms with Crippen LogP contribution in [0.4, 0.5) is 15.8 Å². The normalized spacial score (nSPS) is 17.1. The van der Waals surface area contributed by atoms with Crippen LogP contribution in [0, 0.1) is 21.8 Å². The molecule has 20 heavy (non-hydrogen) atoms. The summed E-state index contributed by atoms with van der Waals surface area (Å²) in [7, 11) is 3.89. The van der Waals surface area contributed by atoms with E-state index < -0.39 is 16.4 Å². The Labute approximate surface area is 118 Å². The molecule has 0 N–H and O–H groups in total. The topological polar surface area (TPSA) is 49.6 Å². The molecule has 5 nitrogen and oxygen atoms in total. The summed E-state index contributed by atoms with van der Waals surface area (Å²) in [6, 6.07) is 4.25. The highest BCUT2D eigenvalue weighted by atomic mass is 19.1. The molecular formula is C14H20FN3O2. The highest BCUT2D eigenvalue weighted by Gasteiger charge is 2.25. The molecule has 0 bridgehead atoms. The van der Waals surface area contributed by atoms with Gasteiger partial charge < -0.3 is 9.80 Å². The van der Waals surface area contributed by atoms with Gasteiger partial charge in [-0.2, -0.15) is 4.39 Å². The number of hydrogen-bond donors (Lipinski definition) is 0. The monoisotopic (exact) mass is 281 g/mol. The van der Waals surface area contributed by atoms with Crippen molar-refractivity contribution in [1.82, 2.24) is 4.90 Å². The summed E-state index contributed by atoms with van der Waals surface area (Å²) in [6.45, 7) is 2.81. The lowest BCUT2D eigenvalue weighted by Gasteiger charge is -2.32. The van der Waals surface area contributed by atoms with Crippen molar-refractivity contribution in [3.8, 4) is 0 Å². The zero-order chi connectivity index (χ0) is 14.7. The summed E-state index contributed by atoms with van der Waals surface area (Å²) in [6.07, 6.45) is 2.15. The van der Waals surface area contributed by atoms with E-state index in [0.29, 0.717) is 11.6 Å². The molecule has 1 aliphatic rings. The number of nitrogens with zero attached hydrogens (tertiary/aromatic N) is 3. The zero-order valence-corrected chi connectivity index (χ0v) is 11.9. The minimum absolute atomic E-state index is 0.355. The molecule has 0 saturated carbocycles. The maximum absolute atomic E-state index is 13.6. The van der Waals surface area contributed by atoms with E-state index in [1.165, 1.54) is 6.07 Å². The van der Waals surface area contributed by atoms with Crippen LogP contribution < -0.4 is 4.90 Å².